The smallest absolute Gasteiger partial charge is 0.119 e. The normalized spacial score (nSPS) is 18.1. The van der Waals surface area contributed by atoms with Gasteiger partial charge in [-0.25, -0.2) is 0 Å². The standard InChI is InChI=1S/C17H19BrO2/c1-19-16-5-4-13-10-15(3-2-14(13)11-16)17(18)12-6-8-20-9-7-12/h2-5,10-12,17H,6-9H2,1H3. The molecule has 1 fully saturated rings. The predicted molar refractivity (Wildman–Crippen MR) is 85.7 cm³/mol. The fourth-order valence-electron chi connectivity index (χ4n) is 2.82. The summed E-state index contributed by atoms with van der Waals surface area (Å²) in [6.45, 7) is 1.77. The Morgan fingerprint density at radius 1 is 1.10 bits per heavy atom. The molecule has 0 radical (unpaired) electrons. The number of halogens is 1. The summed E-state index contributed by atoms with van der Waals surface area (Å²) in [5.74, 6) is 1.57. The summed E-state index contributed by atoms with van der Waals surface area (Å²) in [7, 11) is 1.70. The lowest BCUT2D eigenvalue weighted by Crippen LogP contribution is -2.19. The van der Waals surface area contributed by atoms with Crippen molar-refractivity contribution in [2.24, 2.45) is 5.92 Å². The first-order valence-electron chi connectivity index (χ1n) is 7.07. The fourth-order valence-corrected chi connectivity index (χ4v) is 3.63. The van der Waals surface area contributed by atoms with Crippen LogP contribution in [0.15, 0.2) is 36.4 Å². The molecule has 0 amide bonds. The molecule has 0 aliphatic carbocycles. The number of rotatable bonds is 3. The highest BCUT2D eigenvalue weighted by molar-refractivity contribution is 9.09. The van der Waals surface area contributed by atoms with E-state index in [0.29, 0.717) is 10.7 Å². The van der Waals surface area contributed by atoms with Gasteiger partial charge in [-0.05, 0) is 47.2 Å². The second-order valence-corrected chi connectivity index (χ2v) is 6.31. The molecule has 0 aromatic heterocycles. The molecule has 2 nitrogen and oxygen atoms in total. The number of hydrogen-bond donors (Lipinski definition) is 0. The van der Waals surface area contributed by atoms with E-state index in [-0.39, 0.29) is 0 Å². The third-order valence-electron chi connectivity index (χ3n) is 4.07. The van der Waals surface area contributed by atoms with Crippen molar-refractivity contribution >= 4 is 26.7 Å². The predicted octanol–water partition coefficient (Wildman–Crippen LogP) is 4.71. The number of methoxy groups -OCH3 is 1. The van der Waals surface area contributed by atoms with Crippen molar-refractivity contribution in [1.29, 1.82) is 0 Å². The molecule has 20 heavy (non-hydrogen) atoms. The van der Waals surface area contributed by atoms with Gasteiger partial charge in [0.15, 0.2) is 0 Å². The maximum atomic E-state index is 5.45. The lowest BCUT2D eigenvalue weighted by atomic mass is 9.91. The lowest BCUT2D eigenvalue weighted by molar-refractivity contribution is 0.0662. The van der Waals surface area contributed by atoms with Gasteiger partial charge in [-0.1, -0.05) is 40.2 Å². The fraction of sp³-hybridized carbons (Fsp3) is 0.412. The molecule has 1 atom stereocenters. The number of benzene rings is 2. The zero-order chi connectivity index (χ0) is 13.9. The van der Waals surface area contributed by atoms with Crippen LogP contribution in [0.2, 0.25) is 0 Å². The minimum Gasteiger partial charge on any atom is -0.497 e. The van der Waals surface area contributed by atoms with Crippen molar-refractivity contribution in [2.75, 3.05) is 20.3 Å². The summed E-state index contributed by atoms with van der Waals surface area (Å²) < 4.78 is 10.7. The van der Waals surface area contributed by atoms with Crippen LogP contribution in [0.3, 0.4) is 0 Å². The highest BCUT2D eigenvalue weighted by atomic mass is 79.9. The van der Waals surface area contributed by atoms with Gasteiger partial charge in [0.25, 0.3) is 0 Å². The first-order valence-corrected chi connectivity index (χ1v) is 7.99. The molecule has 1 aliphatic heterocycles. The molecule has 1 aliphatic rings. The average molecular weight is 335 g/mol. The van der Waals surface area contributed by atoms with E-state index in [1.54, 1.807) is 7.11 Å². The van der Waals surface area contributed by atoms with Gasteiger partial charge in [0, 0.05) is 18.0 Å². The van der Waals surface area contributed by atoms with Crippen LogP contribution in [0.4, 0.5) is 0 Å². The number of fused-ring (bicyclic) bond motifs is 1. The Morgan fingerprint density at radius 2 is 1.80 bits per heavy atom. The molecule has 0 saturated carbocycles. The molecule has 3 heteroatoms. The average Bonchev–Trinajstić information content (AvgIpc) is 2.54. The summed E-state index contributed by atoms with van der Waals surface area (Å²) in [4.78, 5) is 0.415. The molecule has 3 rings (SSSR count). The third kappa shape index (κ3) is 2.84. The summed E-state index contributed by atoms with van der Waals surface area (Å²) >= 11 is 3.88. The molecule has 2 aromatic carbocycles. The Morgan fingerprint density at radius 3 is 2.55 bits per heavy atom. The second kappa shape index (κ2) is 6.15. The highest BCUT2D eigenvalue weighted by Crippen LogP contribution is 2.38. The van der Waals surface area contributed by atoms with E-state index in [1.807, 2.05) is 6.07 Å². The van der Waals surface area contributed by atoms with Crippen LogP contribution in [0.5, 0.6) is 5.75 Å². The topological polar surface area (TPSA) is 18.5 Å². The lowest BCUT2D eigenvalue weighted by Gasteiger charge is -2.27. The van der Waals surface area contributed by atoms with Crippen molar-refractivity contribution in [3.8, 4) is 5.75 Å². The first-order chi connectivity index (χ1) is 9.78. The zero-order valence-electron chi connectivity index (χ0n) is 11.6. The molecular formula is C17H19BrO2. The van der Waals surface area contributed by atoms with Crippen LogP contribution in [-0.2, 0) is 4.74 Å². The van der Waals surface area contributed by atoms with Crippen LogP contribution in [-0.4, -0.2) is 20.3 Å². The van der Waals surface area contributed by atoms with Gasteiger partial charge in [-0.3, -0.25) is 0 Å². The first kappa shape index (κ1) is 13.9. The largest absolute Gasteiger partial charge is 0.497 e. The van der Waals surface area contributed by atoms with Gasteiger partial charge < -0.3 is 9.47 Å². The summed E-state index contributed by atoms with van der Waals surface area (Å²) in [6.07, 6.45) is 2.27. The third-order valence-corrected chi connectivity index (χ3v) is 5.35. The molecule has 0 bridgehead atoms. The second-order valence-electron chi connectivity index (χ2n) is 5.32. The van der Waals surface area contributed by atoms with E-state index in [1.165, 1.54) is 16.3 Å². The Balaban J connectivity index is 1.88. The van der Waals surface area contributed by atoms with E-state index in [9.17, 15) is 0 Å². The van der Waals surface area contributed by atoms with E-state index in [4.69, 9.17) is 9.47 Å². The number of ether oxygens (including phenoxy) is 2. The summed E-state index contributed by atoms with van der Waals surface area (Å²) in [5.41, 5.74) is 1.36. The number of alkyl halides is 1. The van der Waals surface area contributed by atoms with E-state index < -0.39 is 0 Å². The highest BCUT2D eigenvalue weighted by Gasteiger charge is 2.23. The van der Waals surface area contributed by atoms with Crippen molar-refractivity contribution in [3.63, 3.8) is 0 Å². The van der Waals surface area contributed by atoms with Gasteiger partial charge in [0.1, 0.15) is 5.75 Å². The SMILES string of the molecule is COc1ccc2cc(C(Br)C3CCOCC3)ccc2c1. The van der Waals surface area contributed by atoms with Gasteiger partial charge in [0.05, 0.1) is 7.11 Å². The molecule has 1 heterocycles. The van der Waals surface area contributed by atoms with Gasteiger partial charge in [0.2, 0.25) is 0 Å². The van der Waals surface area contributed by atoms with Gasteiger partial charge >= 0.3 is 0 Å². The van der Waals surface area contributed by atoms with Crippen molar-refractivity contribution in [1.82, 2.24) is 0 Å². The van der Waals surface area contributed by atoms with Crippen molar-refractivity contribution in [3.05, 3.63) is 42.0 Å². The molecule has 1 unspecified atom stereocenters. The van der Waals surface area contributed by atoms with Crippen LogP contribution < -0.4 is 4.74 Å². The summed E-state index contributed by atoms with van der Waals surface area (Å²) in [6, 6.07) is 12.9. The Labute approximate surface area is 128 Å². The van der Waals surface area contributed by atoms with Crippen LogP contribution >= 0.6 is 15.9 Å². The summed E-state index contributed by atoms with van der Waals surface area (Å²) in [5, 5.41) is 2.49. The van der Waals surface area contributed by atoms with Crippen LogP contribution in [0, 0.1) is 5.92 Å². The van der Waals surface area contributed by atoms with E-state index in [2.05, 4.69) is 46.3 Å². The monoisotopic (exact) mass is 334 g/mol. The van der Waals surface area contributed by atoms with E-state index in [0.717, 1.165) is 31.8 Å². The van der Waals surface area contributed by atoms with Gasteiger partial charge in [-0.15, -0.1) is 0 Å². The van der Waals surface area contributed by atoms with Gasteiger partial charge in [-0.2, -0.15) is 0 Å². The van der Waals surface area contributed by atoms with Crippen LogP contribution in [0.25, 0.3) is 10.8 Å². The minimum atomic E-state index is 0.415. The van der Waals surface area contributed by atoms with Crippen molar-refractivity contribution < 1.29 is 9.47 Å². The van der Waals surface area contributed by atoms with Crippen molar-refractivity contribution in [2.45, 2.75) is 17.7 Å². The zero-order valence-corrected chi connectivity index (χ0v) is 13.2. The molecule has 106 valence electrons. The molecule has 2 aromatic rings. The maximum absolute atomic E-state index is 5.45. The molecular weight excluding hydrogens is 316 g/mol. The molecule has 0 N–H and O–H groups in total. The Kier molecular flexibility index (Phi) is 4.27. The van der Waals surface area contributed by atoms with E-state index >= 15 is 0 Å². The van der Waals surface area contributed by atoms with Crippen LogP contribution in [0.1, 0.15) is 23.2 Å². The Hall–Kier alpha value is -1.06. The minimum absolute atomic E-state index is 0.415. The quantitative estimate of drug-likeness (QED) is 0.756. The maximum Gasteiger partial charge on any atom is 0.119 e. The number of hydrogen-bond acceptors (Lipinski definition) is 2. The molecule has 0 spiro atoms. The molecule has 1 saturated heterocycles. The Bertz CT molecular complexity index is 591.